The molecule has 0 N–H and O–H groups in total. The number of nitrogens with zero attached hydrogens (tertiary/aromatic N) is 1. The van der Waals surface area contributed by atoms with Crippen molar-refractivity contribution < 1.29 is 4.74 Å². The van der Waals surface area contributed by atoms with Gasteiger partial charge in [0.25, 0.3) is 0 Å². The molecular weight excluding hydrogens is 476 g/mol. The van der Waals surface area contributed by atoms with E-state index in [4.69, 9.17) is 4.74 Å². The number of aromatic nitrogens is 1. The predicted octanol–water partition coefficient (Wildman–Crippen LogP) is 5.02. The Balaban J connectivity index is 1.99. The number of halogens is 2. The van der Waals surface area contributed by atoms with Crippen molar-refractivity contribution in [2.24, 2.45) is 0 Å². The minimum atomic E-state index is 0.559. The SMILES string of the molecule is Ic1cc(I)c2cccnc2c1OCc1ccccc1. The normalized spacial score (nSPS) is 10.7. The van der Waals surface area contributed by atoms with Crippen LogP contribution in [0.4, 0.5) is 0 Å². The average Bonchev–Trinajstić information content (AvgIpc) is 2.48. The third-order valence-electron chi connectivity index (χ3n) is 2.98. The Hall–Kier alpha value is -0.890. The van der Waals surface area contributed by atoms with Crippen LogP contribution in [0.25, 0.3) is 10.9 Å². The smallest absolute Gasteiger partial charge is 0.159 e. The van der Waals surface area contributed by atoms with E-state index in [1.54, 1.807) is 0 Å². The highest BCUT2D eigenvalue weighted by Gasteiger charge is 2.11. The monoisotopic (exact) mass is 487 g/mol. The Bertz CT molecular complexity index is 744. The van der Waals surface area contributed by atoms with Crippen molar-refractivity contribution in [2.45, 2.75) is 6.61 Å². The van der Waals surface area contributed by atoms with E-state index in [1.807, 2.05) is 30.5 Å². The summed E-state index contributed by atoms with van der Waals surface area (Å²) in [7, 11) is 0. The van der Waals surface area contributed by atoms with Crippen LogP contribution in [0.3, 0.4) is 0 Å². The maximum Gasteiger partial charge on any atom is 0.159 e. The molecule has 0 bridgehead atoms. The first-order chi connectivity index (χ1) is 9.75. The van der Waals surface area contributed by atoms with E-state index in [9.17, 15) is 0 Å². The van der Waals surface area contributed by atoms with Crippen molar-refractivity contribution in [1.29, 1.82) is 0 Å². The van der Waals surface area contributed by atoms with Crippen LogP contribution in [0.5, 0.6) is 5.75 Å². The molecule has 0 spiro atoms. The van der Waals surface area contributed by atoms with Gasteiger partial charge in [0.2, 0.25) is 0 Å². The molecule has 0 radical (unpaired) electrons. The van der Waals surface area contributed by atoms with Crippen molar-refractivity contribution in [3.05, 3.63) is 67.4 Å². The van der Waals surface area contributed by atoms with Crippen molar-refractivity contribution in [3.63, 3.8) is 0 Å². The zero-order valence-electron chi connectivity index (χ0n) is 10.5. The summed E-state index contributed by atoms with van der Waals surface area (Å²) in [4.78, 5) is 4.48. The molecule has 2 aromatic carbocycles. The highest BCUT2D eigenvalue weighted by Crippen LogP contribution is 2.33. The van der Waals surface area contributed by atoms with Gasteiger partial charge in [0.15, 0.2) is 5.75 Å². The maximum absolute atomic E-state index is 6.02. The number of hydrogen-bond acceptors (Lipinski definition) is 2. The Kier molecular flexibility index (Phi) is 4.40. The average molecular weight is 487 g/mol. The van der Waals surface area contributed by atoms with E-state index in [0.29, 0.717) is 6.61 Å². The molecule has 1 aromatic heterocycles. The number of fused-ring (bicyclic) bond motifs is 1. The van der Waals surface area contributed by atoms with Gasteiger partial charge in [-0.15, -0.1) is 0 Å². The van der Waals surface area contributed by atoms with E-state index < -0.39 is 0 Å². The molecular formula is C16H11I2NO. The third-order valence-corrected chi connectivity index (χ3v) is 4.67. The van der Waals surface area contributed by atoms with Crippen LogP contribution in [0, 0.1) is 7.14 Å². The quantitative estimate of drug-likeness (QED) is 0.485. The molecule has 0 aliphatic heterocycles. The molecule has 0 amide bonds. The zero-order chi connectivity index (χ0) is 13.9. The Morgan fingerprint density at radius 3 is 2.55 bits per heavy atom. The molecule has 4 heteroatoms. The standard InChI is InChI=1S/C16H11I2NO/c17-13-9-14(18)16(15-12(13)7-4-8-19-15)20-10-11-5-2-1-3-6-11/h1-9H,10H2. The van der Waals surface area contributed by atoms with Crippen molar-refractivity contribution >= 4 is 56.1 Å². The molecule has 100 valence electrons. The lowest BCUT2D eigenvalue weighted by Crippen LogP contribution is -1.99. The topological polar surface area (TPSA) is 22.1 Å². The Morgan fingerprint density at radius 2 is 1.75 bits per heavy atom. The molecule has 0 atom stereocenters. The van der Waals surface area contributed by atoms with E-state index in [2.05, 4.69) is 74.4 Å². The highest BCUT2D eigenvalue weighted by molar-refractivity contribution is 14.1. The zero-order valence-corrected chi connectivity index (χ0v) is 14.8. The van der Waals surface area contributed by atoms with Crippen molar-refractivity contribution in [2.75, 3.05) is 0 Å². The third kappa shape index (κ3) is 2.90. The molecule has 1 heterocycles. The summed E-state index contributed by atoms with van der Waals surface area (Å²) in [6.07, 6.45) is 1.81. The number of hydrogen-bond donors (Lipinski definition) is 0. The lowest BCUT2D eigenvalue weighted by Gasteiger charge is -2.12. The van der Waals surface area contributed by atoms with Crippen LogP contribution >= 0.6 is 45.2 Å². The molecule has 3 aromatic rings. The number of rotatable bonds is 3. The highest BCUT2D eigenvalue weighted by atomic mass is 127. The Labute approximate surface area is 144 Å². The van der Waals surface area contributed by atoms with E-state index >= 15 is 0 Å². The van der Waals surface area contributed by atoms with Gasteiger partial charge >= 0.3 is 0 Å². The van der Waals surface area contributed by atoms with E-state index in [0.717, 1.165) is 25.8 Å². The van der Waals surface area contributed by atoms with E-state index in [1.165, 1.54) is 3.57 Å². The summed E-state index contributed by atoms with van der Waals surface area (Å²) in [6.45, 7) is 0.559. The Morgan fingerprint density at radius 1 is 0.950 bits per heavy atom. The fourth-order valence-corrected chi connectivity index (χ4v) is 4.08. The second kappa shape index (κ2) is 6.26. The van der Waals surface area contributed by atoms with Gasteiger partial charge in [0.05, 0.1) is 3.57 Å². The van der Waals surface area contributed by atoms with Crippen LogP contribution in [0.1, 0.15) is 5.56 Å². The molecule has 0 fully saturated rings. The lowest BCUT2D eigenvalue weighted by molar-refractivity contribution is 0.307. The first kappa shape index (κ1) is 14.1. The fourth-order valence-electron chi connectivity index (χ4n) is 2.01. The van der Waals surface area contributed by atoms with Gasteiger partial charge in [-0.05, 0) is 62.9 Å². The molecule has 0 saturated heterocycles. The first-order valence-corrected chi connectivity index (χ1v) is 8.31. The maximum atomic E-state index is 6.02. The molecule has 0 aliphatic carbocycles. The number of ether oxygens (including phenoxy) is 1. The van der Waals surface area contributed by atoms with Crippen molar-refractivity contribution in [1.82, 2.24) is 4.98 Å². The summed E-state index contributed by atoms with van der Waals surface area (Å²) >= 11 is 4.65. The molecule has 20 heavy (non-hydrogen) atoms. The minimum absolute atomic E-state index is 0.559. The van der Waals surface area contributed by atoms with Gasteiger partial charge in [-0.25, -0.2) is 0 Å². The van der Waals surface area contributed by atoms with Crippen LogP contribution in [-0.4, -0.2) is 4.98 Å². The van der Waals surface area contributed by atoms with Gasteiger partial charge in [-0.2, -0.15) is 0 Å². The van der Waals surface area contributed by atoms with Gasteiger partial charge in [0, 0.05) is 15.2 Å². The number of pyridine rings is 1. The van der Waals surface area contributed by atoms with Crippen LogP contribution < -0.4 is 4.74 Å². The van der Waals surface area contributed by atoms with E-state index in [-0.39, 0.29) is 0 Å². The summed E-state index contributed by atoms with van der Waals surface area (Å²) < 4.78 is 8.31. The minimum Gasteiger partial charge on any atom is -0.485 e. The second-order valence-electron chi connectivity index (χ2n) is 4.34. The van der Waals surface area contributed by atoms with Gasteiger partial charge in [-0.1, -0.05) is 36.4 Å². The fraction of sp³-hybridized carbons (Fsp3) is 0.0625. The molecule has 3 rings (SSSR count). The van der Waals surface area contributed by atoms with Gasteiger partial charge < -0.3 is 4.74 Å². The molecule has 0 unspecified atom stereocenters. The van der Waals surface area contributed by atoms with Gasteiger partial charge in [0.1, 0.15) is 12.1 Å². The summed E-state index contributed by atoms with van der Waals surface area (Å²) in [5, 5.41) is 1.14. The summed E-state index contributed by atoms with van der Waals surface area (Å²) in [6, 6.07) is 16.3. The summed E-state index contributed by atoms with van der Waals surface area (Å²) in [5.74, 6) is 0.866. The molecule has 0 saturated carbocycles. The van der Waals surface area contributed by atoms with Gasteiger partial charge in [-0.3, -0.25) is 4.98 Å². The first-order valence-electron chi connectivity index (χ1n) is 6.15. The molecule has 0 aliphatic rings. The van der Waals surface area contributed by atoms with Crippen LogP contribution in [-0.2, 0) is 6.61 Å². The van der Waals surface area contributed by atoms with Crippen LogP contribution in [0.15, 0.2) is 54.7 Å². The predicted molar refractivity (Wildman–Crippen MR) is 98.0 cm³/mol. The second-order valence-corrected chi connectivity index (χ2v) is 6.67. The lowest BCUT2D eigenvalue weighted by atomic mass is 10.2. The van der Waals surface area contributed by atoms with Crippen LogP contribution in [0.2, 0.25) is 0 Å². The number of benzene rings is 2. The molecule has 2 nitrogen and oxygen atoms in total. The largest absolute Gasteiger partial charge is 0.485 e. The summed E-state index contributed by atoms with van der Waals surface area (Å²) in [5.41, 5.74) is 2.09. The van der Waals surface area contributed by atoms with Crippen molar-refractivity contribution in [3.8, 4) is 5.75 Å².